The Balaban J connectivity index is 1.55. The molecule has 2 aromatic heterocycles. The molecule has 3 heterocycles. The van der Waals surface area contributed by atoms with E-state index in [1.54, 1.807) is 17.4 Å². The minimum absolute atomic E-state index is 0.0264. The molecule has 1 aliphatic heterocycles. The number of fused-ring (bicyclic) bond motifs is 1. The van der Waals surface area contributed by atoms with Gasteiger partial charge in [0.1, 0.15) is 12.0 Å². The van der Waals surface area contributed by atoms with Crippen molar-refractivity contribution in [3.8, 4) is 0 Å². The number of hydrogen-bond donors (Lipinski definition) is 0. The lowest BCUT2D eigenvalue weighted by Gasteiger charge is -2.32. The minimum Gasteiger partial charge on any atom is -0.356 e. The molecule has 4 rings (SSSR count). The number of aromatic nitrogens is 2. The zero-order valence-electron chi connectivity index (χ0n) is 13.0. The molecule has 0 spiro atoms. The van der Waals surface area contributed by atoms with Crippen LogP contribution in [-0.2, 0) is 0 Å². The van der Waals surface area contributed by atoms with Gasteiger partial charge < -0.3 is 4.90 Å². The normalized spacial score (nSPS) is 18.0. The van der Waals surface area contributed by atoms with Gasteiger partial charge in [0.2, 0.25) is 0 Å². The monoisotopic (exact) mass is 340 g/mol. The van der Waals surface area contributed by atoms with Gasteiger partial charge in [-0.2, -0.15) is 0 Å². The van der Waals surface area contributed by atoms with Crippen LogP contribution in [0, 0.1) is 10.1 Å². The largest absolute Gasteiger partial charge is 0.356 e. The molecule has 1 aromatic carbocycles. The van der Waals surface area contributed by atoms with E-state index >= 15 is 0 Å². The third kappa shape index (κ3) is 2.82. The third-order valence-electron chi connectivity index (χ3n) is 4.35. The first-order valence-electron chi connectivity index (χ1n) is 7.91. The van der Waals surface area contributed by atoms with Crippen molar-refractivity contribution < 1.29 is 4.92 Å². The third-order valence-corrected chi connectivity index (χ3v) is 5.55. The quantitative estimate of drug-likeness (QED) is 0.532. The summed E-state index contributed by atoms with van der Waals surface area (Å²) in [4.78, 5) is 21.6. The lowest BCUT2D eigenvalue weighted by Crippen LogP contribution is -2.34. The summed E-state index contributed by atoms with van der Waals surface area (Å²) in [5.41, 5.74) is 1.08. The summed E-state index contributed by atoms with van der Waals surface area (Å²) < 4.78 is 1.22. The van der Waals surface area contributed by atoms with Gasteiger partial charge in [-0.25, -0.2) is 9.97 Å². The Morgan fingerprint density at radius 3 is 2.88 bits per heavy atom. The molecule has 0 N–H and O–H groups in total. The molecule has 0 amide bonds. The highest BCUT2D eigenvalue weighted by Gasteiger charge is 2.25. The maximum Gasteiger partial charge on any atom is 0.287 e. The van der Waals surface area contributed by atoms with Crippen LogP contribution in [0.25, 0.3) is 10.2 Å². The van der Waals surface area contributed by atoms with Crippen LogP contribution >= 0.6 is 11.3 Å². The van der Waals surface area contributed by atoms with Gasteiger partial charge in [0.25, 0.3) is 5.69 Å². The van der Waals surface area contributed by atoms with E-state index in [0.717, 1.165) is 37.3 Å². The summed E-state index contributed by atoms with van der Waals surface area (Å²) in [7, 11) is 0. The Bertz CT molecular complexity index is 845. The van der Waals surface area contributed by atoms with Crippen LogP contribution in [0.15, 0.2) is 42.6 Å². The highest BCUT2D eigenvalue weighted by molar-refractivity contribution is 7.18. The van der Waals surface area contributed by atoms with Crippen molar-refractivity contribution in [3.05, 3.63) is 57.7 Å². The van der Waals surface area contributed by atoms with E-state index in [9.17, 15) is 10.1 Å². The van der Waals surface area contributed by atoms with Crippen molar-refractivity contribution in [3.63, 3.8) is 0 Å². The number of nitro groups is 1. The van der Waals surface area contributed by atoms with Crippen LogP contribution < -0.4 is 4.90 Å². The number of thiazole rings is 1. The zero-order chi connectivity index (χ0) is 16.5. The highest BCUT2D eigenvalue weighted by atomic mass is 32.1. The van der Waals surface area contributed by atoms with Crippen LogP contribution in [0.2, 0.25) is 0 Å². The lowest BCUT2D eigenvalue weighted by atomic mass is 9.99. The van der Waals surface area contributed by atoms with E-state index in [2.05, 4.69) is 16.0 Å². The second-order valence-corrected chi connectivity index (χ2v) is 7.00. The number of anilines is 1. The number of nitrogens with zero attached hydrogens (tertiary/aromatic N) is 4. The maximum atomic E-state index is 10.8. The van der Waals surface area contributed by atoms with Crippen LogP contribution in [0.4, 0.5) is 11.5 Å². The van der Waals surface area contributed by atoms with Crippen molar-refractivity contribution >= 4 is 33.1 Å². The van der Waals surface area contributed by atoms with Crippen LogP contribution in [0.3, 0.4) is 0 Å². The topological polar surface area (TPSA) is 72.2 Å². The molecule has 1 aliphatic rings. The molecule has 1 saturated heterocycles. The first-order chi connectivity index (χ1) is 11.7. The Hall–Kier alpha value is -2.54. The molecule has 24 heavy (non-hydrogen) atoms. The lowest BCUT2D eigenvalue weighted by molar-refractivity contribution is -0.385. The van der Waals surface area contributed by atoms with Gasteiger partial charge in [-0.15, -0.1) is 11.3 Å². The summed E-state index contributed by atoms with van der Waals surface area (Å²) in [6.45, 7) is 1.77. The van der Waals surface area contributed by atoms with Gasteiger partial charge in [0.15, 0.2) is 0 Å². The Kier molecular flexibility index (Phi) is 3.86. The highest BCUT2D eigenvalue weighted by Crippen LogP contribution is 2.34. The number of benzene rings is 1. The molecule has 7 heteroatoms. The van der Waals surface area contributed by atoms with E-state index < -0.39 is 4.92 Å². The summed E-state index contributed by atoms with van der Waals surface area (Å²) >= 11 is 1.76. The fourth-order valence-electron chi connectivity index (χ4n) is 3.12. The first-order valence-corrected chi connectivity index (χ1v) is 8.73. The number of para-hydroxylation sites is 1. The Labute approximate surface area is 142 Å². The van der Waals surface area contributed by atoms with Crippen molar-refractivity contribution in [2.24, 2.45) is 0 Å². The number of piperidine rings is 1. The molecule has 6 nitrogen and oxygen atoms in total. The molecule has 0 saturated carbocycles. The van der Waals surface area contributed by atoms with Gasteiger partial charge >= 0.3 is 0 Å². The molecule has 1 atom stereocenters. The zero-order valence-corrected chi connectivity index (χ0v) is 13.8. The van der Waals surface area contributed by atoms with Crippen molar-refractivity contribution in [2.75, 3.05) is 18.0 Å². The standard InChI is InChI=1S/C17H16N4O2S/c22-21(23)13-7-8-16(18-10-13)20-9-3-4-12(11-20)17-19-14-5-1-2-6-15(14)24-17/h1-2,5-8,10,12H,3-4,9,11H2/t12-/m0/s1. The van der Waals surface area contributed by atoms with Crippen LogP contribution in [0.5, 0.6) is 0 Å². The van der Waals surface area contributed by atoms with Crippen molar-refractivity contribution in [1.82, 2.24) is 9.97 Å². The van der Waals surface area contributed by atoms with Gasteiger partial charge in [-0.05, 0) is 31.0 Å². The van der Waals surface area contributed by atoms with Gasteiger partial charge in [-0.3, -0.25) is 10.1 Å². The summed E-state index contributed by atoms with van der Waals surface area (Å²) in [6.07, 6.45) is 3.51. The van der Waals surface area contributed by atoms with Gasteiger partial charge in [0.05, 0.1) is 20.1 Å². The molecule has 3 aromatic rings. The predicted molar refractivity (Wildman–Crippen MR) is 94.7 cm³/mol. The summed E-state index contributed by atoms with van der Waals surface area (Å²) in [5, 5.41) is 11.9. The van der Waals surface area contributed by atoms with Crippen molar-refractivity contribution in [1.29, 1.82) is 0 Å². The minimum atomic E-state index is -0.420. The molecule has 122 valence electrons. The number of rotatable bonds is 3. The van der Waals surface area contributed by atoms with E-state index in [4.69, 9.17) is 4.98 Å². The average molecular weight is 340 g/mol. The van der Waals surface area contributed by atoms with E-state index in [1.807, 2.05) is 18.2 Å². The Morgan fingerprint density at radius 2 is 2.12 bits per heavy atom. The predicted octanol–water partition coefficient (Wildman–Crippen LogP) is 3.98. The number of hydrogen-bond acceptors (Lipinski definition) is 6. The van der Waals surface area contributed by atoms with Gasteiger partial charge in [-0.1, -0.05) is 12.1 Å². The second kappa shape index (κ2) is 6.16. The van der Waals surface area contributed by atoms with E-state index in [1.165, 1.54) is 22.0 Å². The molecule has 0 bridgehead atoms. The second-order valence-electron chi connectivity index (χ2n) is 5.94. The van der Waals surface area contributed by atoms with E-state index in [0.29, 0.717) is 5.92 Å². The van der Waals surface area contributed by atoms with Crippen molar-refractivity contribution in [2.45, 2.75) is 18.8 Å². The average Bonchev–Trinajstić information content (AvgIpc) is 3.06. The summed E-state index contributed by atoms with van der Waals surface area (Å²) in [6, 6.07) is 11.5. The fraction of sp³-hybridized carbons (Fsp3) is 0.294. The van der Waals surface area contributed by atoms with E-state index in [-0.39, 0.29) is 5.69 Å². The first kappa shape index (κ1) is 15.0. The molecule has 0 radical (unpaired) electrons. The molecular weight excluding hydrogens is 324 g/mol. The number of pyridine rings is 1. The Morgan fingerprint density at radius 1 is 1.25 bits per heavy atom. The SMILES string of the molecule is O=[N+]([O-])c1ccc(N2CCC[C@H](c3nc4ccccc4s3)C2)nc1. The molecule has 0 aliphatic carbocycles. The smallest absolute Gasteiger partial charge is 0.287 e. The fourth-order valence-corrected chi connectivity index (χ4v) is 4.22. The van der Waals surface area contributed by atoms with Crippen LogP contribution in [0.1, 0.15) is 23.8 Å². The molecular formula is C17H16N4O2S. The molecule has 0 unspecified atom stereocenters. The maximum absolute atomic E-state index is 10.8. The van der Waals surface area contributed by atoms with Crippen LogP contribution in [-0.4, -0.2) is 28.0 Å². The molecule has 1 fully saturated rings. The summed E-state index contributed by atoms with van der Waals surface area (Å²) in [5.74, 6) is 1.18. The van der Waals surface area contributed by atoms with Gasteiger partial charge in [0, 0.05) is 25.1 Å².